The summed E-state index contributed by atoms with van der Waals surface area (Å²) >= 11 is 0. The highest BCUT2D eigenvalue weighted by atomic mass is 19.4. The molecular formula is C31H28F3N3O13. The van der Waals surface area contributed by atoms with Gasteiger partial charge in [-0.2, -0.15) is 13.2 Å². The third kappa shape index (κ3) is 7.80. The molecular weight excluding hydrogens is 679 g/mol. The van der Waals surface area contributed by atoms with Crippen molar-refractivity contribution in [3.05, 3.63) is 66.2 Å². The highest BCUT2D eigenvalue weighted by Gasteiger charge is 2.53. The van der Waals surface area contributed by atoms with Gasteiger partial charge in [0.25, 0.3) is 0 Å². The topological polar surface area (TPSA) is 191 Å². The van der Waals surface area contributed by atoms with Gasteiger partial charge < -0.3 is 47.7 Å². The molecule has 50 heavy (non-hydrogen) atoms. The number of amides is 3. The molecule has 1 saturated heterocycles. The van der Waals surface area contributed by atoms with Crippen molar-refractivity contribution >= 4 is 35.3 Å². The standard InChI is InChI=1S/C31H28F3N3O13/c1-42-27-26(50-30(41)37-18-7-9-20-22(11-18)46-14-44-20)25(49-29(40)36-17-6-8-19-21(10-17)45-13-43-19)24(23(12-38)47-27)48-28(39)35-16-4-2-15(3-5-16)31(32,33)34/h2-11,23-27,38H,12-14H2,1H3,(H,35,39)(H,36,40)(H,37,41)/t23-,24-,25+,26-,27+/m1/s1. The molecule has 6 rings (SSSR count). The summed E-state index contributed by atoms with van der Waals surface area (Å²) in [6, 6.07) is 12.5. The first-order valence-electron chi connectivity index (χ1n) is 14.7. The number of aliphatic hydroxyl groups excluding tert-OH is 1. The smallest absolute Gasteiger partial charge is 0.416 e. The second-order valence-electron chi connectivity index (χ2n) is 10.7. The van der Waals surface area contributed by atoms with E-state index in [1.54, 1.807) is 12.1 Å². The van der Waals surface area contributed by atoms with Crippen LogP contribution in [0.3, 0.4) is 0 Å². The van der Waals surface area contributed by atoms with Crippen LogP contribution in [0.2, 0.25) is 0 Å². The highest BCUT2D eigenvalue weighted by Crippen LogP contribution is 2.36. The minimum absolute atomic E-state index is 0.00857. The SMILES string of the molecule is CO[C@H]1O[C@H](CO)[C@@H](OC(=O)Nc2ccc(C(F)(F)F)cc2)[C@H](OC(=O)Nc2ccc3c(c2)OCO3)[C@H]1OC(=O)Nc1ccc2c(c1)OCO2. The minimum atomic E-state index is -4.61. The van der Waals surface area contributed by atoms with Crippen LogP contribution in [0.25, 0.3) is 0 Å². The van der Waals surface area contributed by atoms with Gasteiger partial charge in [0, 0.05) is 36.3 Å². The van der Waals surface area contributed by atoms with E-state index in [2.05, 4.69) is 16.0 Å². The number of nitrogens with one attached hydrogen (secondary N) is 3. The van der Waals surface area contributed by atoms with Gasteiger partial charge in [0.05, 0.1) is 12.2 Å². The maximum Gasteiger partial charge on any atom is 0.416 e. The molecule has 5 atom stereocenters. The van der Waals surface area contributed by atoms with Crippen molar-refractivity contribution in [3.63, 3.8) is 0 Å². The average molecular weight is 708 g/mol. The molecule has 3 amide bonds. The number of anilines is 3. The number of benzene rings is 3. The Balaban J connectivity index is 1.23. The fraction of sp³-hybridized carbons (Fsp3) is 0.323. The summed E-state index contributed by atoms with van der Waals surface area (Å²) in [5, 5.41) is 17.4. The minimum Gasteiger partial charge on any atom is -0.454 e. The Morgan fingerprint density at radius 1 is 0.700 bits per heavy atom. The average Bonchev–Trinajstić information content (AvgIpc) is 3.75. The van der Waals surface area contributed by atoms with Gasteiger partial charge in [0.1, 0.15) is 6.10 Å². The fourth-order valence-electron chi connectivity index (χ4n) is 5.12. The lowest BCUT2D eigenvalue weighted by Crippen LogP contribution is -2.63. The Morgan fingerprint density at radius 3 is 1.66 bits per heavy atom. The van der Waals surface area contributed by atoms with E-state index in [0.29, 0.717) is 23.0 Å². The summed E-state index contributed by atoms with van der Waals surface area (Å²) < 4.78 is 88.0. The van der Waals surface area contributed by atoms with Crippen molar-refractivity contribution < 1.29 is 75.3 Å². The maximum absolute atomic E-state index is 13.3. The van der Waals surface area contributed by atoms with Crippen LogP contribution in [-0.2, 0) is 29.9 Å². The molecule has 0 aromatic heterocycles. The second-order valence-corrected chi connectivity index (χ2v) is 10.7. The summed E-state index contributed by atoms with van der Waals surface area (Å²) in [6.07, 6.45) is -16.0. The molecule has 0 unspecified atom stereocenters. The number of carbonyl (C=O) groups excluding carboxylic acids is 3. The number of aliphatic hydroxyl groups is 1. The second kappa shape index (κ2) is 14.4. The zero-order valence-corrected chi connectivity index (χ0v) is 25.8. The molecule has 3 heterocycles. The summed E-state index contributed by atoms with van der Waals surface area (Å²) in [5.41, 5.74) is -0.586. The summed E-state index contributed by atoms with van der Waals surface area (Å²) in [6.45, 7) is -0.837. The van der Waals surface area contributed by atoms with E-state index in [9.17, 15) is 32.7 Å². The number of alkyl halides is 3. The van der Waals surface area contributed by atoms with E-state index in [1.165, 1.54) is 31.4 Å². The van der Waals surface area contributed by atoms with Crippen LogP contribution in [0.15, 0.2) is 60.7 Å². The molecule has 3 aromatic carbocycles. The first kappa shape index (κ1) is 34.2. The van der Waals surface area contributed by atoms with Crippen molar-refractivity contribution in [2.75, 3.05) is 43.3 Å². The number of carbonyl (C=O) groups is 3. The van der Waals surface area contributed by atoms with Crippen molar-refractivity contribution in [1.29, 1.82) is 0 Å². The molecule has 0 saturated carbocycles. The van der Waals surface area contributed by atoms with Gasteiger partial charge in [-0.3, -0.25) is 16.0 Å². The van der Waals surface area contributed by atoms with E-state index >= 15 is 0 Å². The van der Waals surface area contributed by atoms with E-state index in [4.69, 9.17) is 42.6 Å². The molecule has 19 heteroatoms. The van der Waals surface area contributed by atoms with Crippen LogP contribution < -0.4 is 34.9 Å². The predicted molar refractivity (Wildman–Crippen MR) is 161 cm³/mol. The lowest BCUT2D eigenvalue weighted by atomic mass is 9.98. The van der Waals surface area contributed by atoms with Gasteiger partial charge in [-0.05, 0) is 48.5 Å². The molecule has 1 fully saturated rings. The zero-order chi connectivity index (χ0) is 35.4. The monoisotopic (exact) mass is 707 g/mol. The number of rotatable bonds is 8. The molecule has 0 aliphatic carbocycles. The Morgan fingerprint density at radius 2 is 1.16 bits per heavy atom. The highest BCUT2D eigenvalue weighted by molar-refractivity contribution is 5.87. The van der Waals surface area contributed by atoms with E-state index in [0.717, 1.165) is 24.3 Å². The zero-order valence-electron chi connectivity index (χ0n) is 25.8. The van der Waals surface area contributed by atoms with Crippen LogP contribution in [0.1, 0.15) is 5.56 Å². The lowest BCUT2D eigenvalue weighted by molar-refractivity contribution is -0.290. The molecule has 3 aliphatic rings. The molecule has 4 N–H and O–H groups in total. The molecule has 16 nitrogen and oxygen atoms in total. The molecule has 3 aromatic rings. The maximum atomic E-state index is 13.3. The van der Waals surface area contributed by atoms with E-state index < -0.39 is 67.3 Å². The predicted octanol–water partition coefficient (Wildman–Crippen LogP) is 4.68. The van der Waals surface area contributed by atoms with Gasteiger partial charge in [0.15, 0.2) is 47.6 Å². The fourth-order valence-corrected chi connectivity index (χ4v) is 5.12. The van der Waals surface area contributed by atoms with Crippen molar-refractivity contribution in [3.8, 4) is 23.0 Å². The molecule has 3 aliphatic heterocycles. The van der Waals surface area contributed by atoms with Gasteiger partial charge in [0.2, 0.25) is 13.6 Å². The lowest BCUT2D eigenvalue weighted by Gasteiger charge is -2.43. The first-order valence-corrected chi connectivity index (χ1v) is 14.7. The third-order valence-corrected chi connectivity index (χ3v) is 7.43. The van der Waals surface area contributed by atoms with Crippen LogP contribution in [0, 0.1) is 0 Å². The van der Waals surface area contributed by atoms with E-state index in [-0.39, 0.29) is 30.6 Å². The van der Waals surface area contributed by atoms with Crippen molar-refractivity contribution in [1.82, 2.24) is 0 Å². The largest absolute Gasteiger partial charge is 0.454 e. The molecule has 0 radical (unpaired) electrons. The Labute approximate surface area is 280 Å². The Hall–Kier alpha value is -5.66. The number of ether oxygens (including phenoxy) is 9. The number of hydrogen-bond donors (Lipinski definition) is 4. The van der Waals surface area contributed by atoms with Crippen LogP contribution in [0.5, 0.6) is 23.0 Å². The van der Waals surface area contributed by atoms with Gasteiger partial charge in [-0.1, -0.05) is 0 Å². The van der Waals surface area contributed by atoms with Crippen LogP contribution in [-0.4, -0.2) is 81.4 Å². The van der Waals surface area contributed by atoms with Gasteiger partial charge in [-0.25, -0.2) is 14.4 Å². The molecule has 0 bridgehead atoms. The van der Waals surface area contributed by atoms with Crippen molar-refractivity contribution in [2.24, 2.45) is 0 Å². The first-order chi connectivity index (χ1) is 24.0. The van der Waals surface area contributed by atoms with Crippen molar-refractivity contribution in [2.45, 2.75) is 36.9 Å². The Bertz CT molecular complexity index is 1730. The van der Waals surface area contributed by atoms with Gasteiger partial charge >= 0.3 is 24.5 Å². The molecule has 0 spiro atoms. The normalized spacial score (nSPS) is 21.9. The van der Waals surface area contributed by atoms with Gasteiger partial charge in [-0.15, -0.1) is 0 Å². The van der Waals surface area contributed by atoms with Crippen LogP contribution >= 0.6 is 0 Å². The van der Waals surface area contributed by atoms with Crippen LogP contribution in [0.4, 0.5) is 44.6 Å². The number of methoxy groups -OCH3 is 1. The summed E-state index contributed by atoms with van der Waals surface area (Å²) in [4.78, 5) is 39.4. The quantitative estimate of drug-likeness (QED) is 0.236. The Kier molecular flexibility index (Phi) is 9.88. The number of halogens is 3. The molecule has 266 valence electrons. The summed E-state index contributed by atoms with van der Waals surface area (Å²) in [5.74, 6) is 1.60. The van der Waals surface area contributed by atoms with E-state index in [1.807, 2.05) is 0 Å². The number of hydrogen-bond acceptors (Lipinski definition) is 13. The summed E-state index contributed by atoms with van der Waals surface area (Å²) in [7, 11) is 1.19. The number of fused-ring (bicyclic) bond motifs is 2. The third-order valence-electron chi connectivity index (χ3n) is 7.43.